The molecule has 2 aromatic heterocycles. The maximum absolute atomic E-state index is 12.8. The Labute approximate surface area is 199 Å². The van der Waals surface area contributed by atoms with E-state index in [1.807, 2.05) is 17.5 Å². The van der Waals surface area contributed by atoms with Gasteiger partial charge in [0.25, 0.3) is 0 Å². The van der Waals surface area contributed by atoms with E-state index in [9.17, 15) is 18.0 Å². The Bertz CT molecular complexity index is 1480. The van der Waals surface area contributed by atoms with E-state index in [-0.39, 0.29) is 29.4 Å². The summed E-state index contributed by atoms with van der Waals surface area (Å²) >= 11 is 1.27. The van der Waals surface area contributed by atoms with Crippen molar-refractivity contribution in [3.05, 3.63) is 58.4 Å². The molecule has 2 aromatic carbocycles. The lowest BCUT2D eigenvalue weighted by Crippen LogP contribution is -2.27. The van der Waals surface area contributed by atoms with Crippen LogP contribution in [0.3, 0.4) is 0 Å². The zero-order valence-electron chi connectivity index (χ0n) is 18.0. The molecule has 34 heavy (non-hydrogen) atoms. The molecule has 10 nitrogen and oxygen atoms in total. The van der Waals surface area contributed by atoms with Crippen molar-refractivity contribution in [2.24, 2.45) is 0 Å². The number of benzene rings is 2. The third kappa shape index (κ3) is 4.39. The van der Waals surface area contributed by atoms with Gasteiger partial charge in [-0.15, -0.1) is 5.10 Å². The Kier molecular flexibility index (Phi) is 6.02. The molecule has 5 rings (SSSR count). The number of nitrogens with zero attached hydrogens (tertiary/aromatic N) is 4. The summed E-state index contributed by atoms with van der Waals surface area (Å²) in [5.41, 5.74) is 2.91. The first-order valence-corrected chi connectivity index (χ1v) is 13.0. The lowest BCUT2D eigenvalue weighted by atomic mass is 10.1. The summed E-state index contributed by atoms with van der Waals surface area (Å²) in [6, 6.07) is 11.6. The van der Waals surface area contributed by atoms with Crippen LogP contribution in [0.4, 0.5) is 5.69 Å². The van der Waals surface area contributed by atoms with Gasteiger partial charge in [-0.25, -0.2) is 13.2 Å². The van der Waals surface area contributed by atoms with Gasteiger partial charge < -0.3 is 9.73 Å². The molecule has 12 heteroatoms. The predicted molar refractivity (Wildman–Crippen MR) is 127 cm³/mol. The van der Waals surface area contributed by atoms with Crippen LogP contribution < -0.4 is 11.1 Å². The number of nitrogens with one attached hydrogen (secondary N) is 1. The Balaban J connectivity index is 1.27. The number of sulfonamides is 1. The summed E-state index contributed by atoms with van der Waals surface area (Å²) in [4.78, 5) is 24.9. The van der Waals surface area contributed by atoms with Gasteiger partial charge in [0.05, 0.1) is 10.4 Å². The van der Waals surface area contributed by atoms with Gasteiger partial charge in [0, 0.05) is 48.8 Å². The zero-order valence-corrected chi connectivity index (χ0v) is 19.6. The molecule has 0 radical (unpaired) electrons. The predicted octanol–water partition coefficient (Wildman–Crippen LogP) is 2.93. The number of carbonyl (C=O) groups is 1. The van der Waals surface area contributed by atoms with Crippen molar-refractivity contribution in [1.82, 2.24) is 18.5 Å². The lowest BCUT2D eigenvalue weighted by Gasteiger charge is -2.15. The standard InChI is InChI=1S/C22H21N5O5S2/c28-21(23-16-5-3-15(4-6-16)18-14-33-25-24-18)9-12-27-19-8-7-17(13-20(19)32-22(27)29)34(30,31)26-10-1-2-11-26/h3-8,13-14H,1-2,9-12H2,(H,23,28). The number of amides is 1. The number of aryl methyl sites for hydroxylation is 1. The van der Waals surface area contributed by atoms with E-state index < -0.39 is 15.8 Å². The van der Waals surface area contributed by atoms with Crippen LogP contribution in [-0.2, 0) is 21.4 Å². The molecule has 0 saturated carbocycles. The van der Waals surface area contributed by atoms with Crippen molar-refractivity contribution in [1.29, 1.82) is 0 Å². The molecule has 1 fully saturated rings. The normalized spacial score (nSPS) is 14.6. The molecule has 0 spiro atoms. The Hall–Kier alpha value is -3.35. The second kappa shape index (κ2) is 9.12. The van der Waals surface area contributed by atoms with E-state index in [1.165, 1.54) is 32.5 Å². The summed E-state index contributed by atoms with van der Waals surface area (Å²) in [6.07, 6.45) is 1.71. The summed E-state index contributed by atoms with van der Waals surface area (Å²) in [5.74, 6) is -0.905. The second-order valence-corrected chi connectivity index (χ2v) is 10.5. The summed E-state index contributed by atoms with van der Waals surface area (Å²) in [5, 5.41) is 8.65. The Morgan fingerprint density at radius 2 is 1.88 bits per heavy atom. The minimum absolute atomic E-state index is 0.0418. The van der Waals surface area contributed by atoms with E-state index in [1.54, 1.807) is 18.2 Å². The topological polar surface area (TPSA) is 127 Å². The minimum Gasteiger partial charge on any atom is -0.408 e. The van der Waals surface area contributed by atoms with Crippen molar-refractivity contribution in [3.8, 4) is 11.3 Å². The van der Waals surface area contributed by atoms with Crippen molar-refractivity contribution >= 4 is 44.3 Å². The second-order valence-electron chi connectivity index (χ2n) is 7.93. The number of rotatable bonds is 7. The van der Waals surface area contributed by atoms with Crippen LogP contribution in [0.1, 0.15) is 19.3 Å². The molecule has 176 valence electrons. The van der Waals surface area contributed by atoms with Crippen LogP contribution in [0.5, 0.6) is 0 Å². The van der Waals surface area contributed by atoms with Crippen LogP contribution in [0, 0.1) is 0 Å². The monoisotopic (exact) mass is 499 g/mol. The van der Waals surface area contributed by atoms with Gasteiger partial charge in [0.2, 0.25) is 15.9 Å². The van der Waals surface area contributed by atoms with Crippen molar-refractivity contribution in [2.45, 2.75) is 30.7 Å². The highest BCUT2D eigenvalue weighted by Crippen LogP contribution is 2.25. The molecule has 1 N–H and O–H groups in total. The van der Waals surface area contributed by atoms with Gasteiger partial charge in [-0.1, -0.05) is 16.6 Å². The van der Waals surface area contributed by atoms with E-state index in [0.717, 1.165) is 24.1 Å². The van der Waals surface area contributed by atoms with Crippen LogP contribution >= 0.6 is 11.5 Å². The number of carbonyl (C=O) groups excluding carboxylic acids is 1. The highest BCUT2D eigenvalue weighted by molar-refractivity contribution is 7.89. The average molecular weight is 500 g/mol. The maximum atomic E-state index is 12.8. The van der Waals surface area contributed by atoms with Gasteiger partial charge >= 0.3 is 5.76 Å². The molecule has 1 amide bonds. The molecular formula is C22H21N5O5S2. The largest absolute Gasteiger partial charge is 0.419 e. The summed E-state index contributed by atoms with van der Waals surface area (Å²) in [6.45, 7) is 1.08. The number of hydrogen-bond donors (Lipinski definition) is 1. The smallest absolute Gasteiger partial charge is 0.408 e. The van der Waals surface area contributed by atoms with Crippen LogP contribution in [0.25, 0.3) is 22.4 Å². The third-order valence-corrected chi connectivity index (χ3v) is 8.13. The van der Waals surface area contributed by atoms with Gasteiger partial charge in [0.15, 0.2) is 5.58 Å². The van der Waals surface area contributed by atoms with Crippen molar-refractivity contribution in [2.75, 3.05) is 18.4 Å². The van der Waals surface area contributed by atoms with Gasteiger partial charge in [-0.3, -0.25) is 9.36 Å². The summed E-state index contributed by atoms with van der Waals surface area (Å²) in [7, 11) is -3.62. The molecule has 0 unspecified atom stereocenters. The highest BCUT2D eigenvalue weighted by Gasteiger charge is 2.28. The van der Waals surface area contributed by atoms with E-state index >= 15 is 0 Å². The van der Waals surface area contributed by atoms with E-state index in [4.69, 9.17) is 4.42 Å². The maximum Gasteiger partial charge on any atom is 0.419 e. The number of fused-ring (bicyclic) bond motifs is 1. The molecule has 0 aliphatic carbocycles. The fourth-order valence-corrected chi connectivity index (χ4v) is 5.95. The highest BCUT2D eigenvalue weighted by atomic mass is 32.2. The molecule has 4 aromatic rings. The SMILES string of the molecule is O=C(CCn1c(=O)oc2cc(S(=O)(=O)N3CCCC3)ccc21)Nc1ccc(-c2csnn2)cc1. The first-order chi connectivity index (χ1) is 16.4. The first-order valence-electron chi connectivity index (χ1n) is 10.7. The number of aromatic nitrogens is 3. The van der Waals surface area contributed by atoms with E-state index in [2.05, 4.69) is 14.9 Å². The average Bonchev–Trinajstić information content (AvgIpc) is 3.59. The molecule has 1 aliphatic heterocycles. The Morgan fingerprint density at radius 1 is 1.12 bits per heavy atom. The molecule has 1 saturated heterocycles. The van der Waals surface area contributed by atoms with Crippen LogP contribution in [-0.4, -0.2) is 45.9 Å². The lowest BCUT2D eigenvalue weighted by molar-refractivity contribution is -0.116. The van der Waals surface area contributed by atoms with E-state index in [0.29, 0.717) is 24.3 Å². The van der Waals surface area contributed by atoms with Crippen molar-refractivity contribution < 1.29 is 17.6 Å². The third-order valence-electron chi connectivity index (χ3n) is 5.73. The number of hydrogen-bond acceptors (Lipinski definition) is 8. The van der Waals surface area contributed by atoms with Gasteiger partial charge in [-0.2, -0.15) is 4.31 Å². The molecule has 1 aliphatic rings. The first kappa shape index (κ1) is 22.4. The van der Waals surface area contributed by atoms with Crippen LogP contribution in [0.15, 0.2) is 62.0 Å². The molecule has 3 heterocycles. The molecular weight excluding hydrogens is 478 g/mol. The zero-order chi connectivity index (χ0) is 23.7. The van der Waals surface area contributed by atoms with Crippen molar-refractivity contribution in [3.63, 3.8) is 0 Å². The van der Waals surface area contributed by atoms with Gasteiger partial charge in [-0.05, 0) is 48.6 Å². The van der Waals surface area contributed by atoms with Crippen LogP contribution in [0.2, 0.25) is 0 Å². The molecule has 0 bridgehead atoms. The fraction of sp³-hybridized carbons (Fsp3) is 0.273. The minimum atomic E-state index is -3.62. The van der Waals surface area contributed by atoms with Gasteiger partial charge in [0.1, 0.15) is 5.69 Å². The summed E-state index contributed by atoms with van der Waals surface area (Å²) < 4.78 is 37.5. The molecule has 0 atom stereocenters. The fourth-order valence-electron chi connectivity index (χ4n) is 3.95. The number of oxazole rings is 1. The Morgan fingerprint density at radius 3 is 2.59 bits per heavy atom. The quantitative estimate of drug-likeness (QED) is 0.414. The number of anilines is 1.